The normalized spacial score (nSPS) is 16.5. The average Bonchev–Trinajstić information content (AvgIpc) is 2.48. The van der Waals surface area contributed by atoms with Gasteiger partial charge in [0.1, 0.15) is 0 Å². The molecule has 116 valence electrons. The number of anilines is 1. The Kier molecular flexibility index (Phi) is 6.18. The lowest BCUT2D eigenvalue weighted by Crippen LogP contribution is -2.52. The van der Waals surface area contributed by atoms with Crippen LogP contribution >= 0.6 is 12.4 Å². The molecule has 3 N–H and O–H groups in total. The van der Waals surface area contributed by atoms with Gasteiger partial charge in [0.2, 0.25) is 5.91 Å². The molecule has 0 aliphatic heterocycles. The summed E-state index contributed by atoms with van der Waals surface area (Å²) in [6, 6.07) is 6.59. The number of hydrogen-bond acceptors (Lipinski definition) is 4. The van der Waals surface area contributed by atoms with Crippen molar-refractivity contribution in [1.82, 2.24) is 0 Å². The van der Waals surface area contributed by atoms with Crippen LogP contribution in [0.4, 0.5) is 5.69 Å². The average molecular weight is 313 g/mol. The fourth-order valence-electron chi connectivity index (χ4n) is 2.47. The lowest BCUT2D eigenvalue weighted by atomic mass is 9.82. The molecule has 0 unspecified atom stereocenters. The van der Waals surface area contributed by atoms with Gasteiger partial charge >= 0.3 is 5.97 Å². The zero-order chi connectivity index (χ0) is 14.6. The first-order chi connectivity index (χ1) is 9.55. The van der Waals surface area contributed by atoms with Gasteiger partial charge in [0.15, 0.2) is 0 Å². The second-order valence-electron chi connectivity index (χ2n) is 5.24. The second kappa shape index (κ2) is 7.43. The fraction of sp³-hybridized carbons (Fsp3) is 0.467. The minimum atomic E-state index is -0.765. The van der Waals surface area contributed by atoms with Crippen LogP contribution in [0.3, 0.4) is 0 Å². The van der Waals surface area contributed by atoms with Crippen molar-refractivity contribution in [3.05, 3.63) is 29.8 Å². The van der Waals surface area contributed by atoms with Crippen LogP contribution in [-0.2, 0) is 9.53 Å². The third kappa shape index (κ3) is 4.19. The molecule has 0 radical (unpaired) electrons. The highest BCUT2D eigenvalue weighted by molar-refractivity contribution is 5.98. The van der Waals surface area contributed by atoms with Crippen LogP contribution in [0.15, 0.2) is 24.3 Å². The maximum Gasteiger partial charge on any atom is 0.337 e. The summed E-state index contributed by atoms with van der Waals surface area (Å²) >= 11 is 0. The van der Waals surface area contributed by atoms with Crippen LogP contribution < -0.4 is 11.1 Å². The number of hydrogen-bond donors (Lipinski definition) is 2. The molecule has 0 bridgehead atoms. The molecule has 0 spiro atoms. The molecule has 2 rings (SSSR count). The van der Waals surface area contributed by atoms with Gasteiger partial charge < -0.3 is 15.8 Å². The summed E-state index contributed by atoms with van der Waals surface area (Å²) in [5, 5.41) is 2.82. The van der Waals surface area contributed by atoms with Crippen molar-refractivity contribution < 1.29 is 14.3 Å². The molecule has 1 aliphatic carbocycles. The van der Waals surface area contributed by atoms with Crippen molar-refractivity contribution in [2.24, 2.45) is 5.73 Å². The largest absolute Gasteiger partial charge is 0.465 e. The number of carbonyl (C=O) groups excluding carboxylic acids is 2. The minimum absolute atomic E-state index is 0. The number of nitrogens with two attached hydrogens (primary N) is 1. The third-order valence-electron chi connectivity index (χ3n) is 3.76. The first-order valence-corrected chi connectivity index (χ1v) is 6.84. The van der Waals surface area contributed by atoms with Crippen molar-refractivity contribution in [1.29, 1.82) is 0 Å². The summed E-state index contributed by atoms with van der Waals surface area (Å²) in [5.41, 5.74) is 6.49. The van der Waals surface area contributed by atoms with E-state index in [2.05, 4.69) is 10.1 Å². The first-order valence-electron chi connectivity index (χ1n) is 6.84. The molecule has 0 atom stereocenters. The Balaban J connectivity index is 0.00000220. The molecule has 0 heterocycles. The van der Waals surface area contributed by atoms with E-state index in [0.29, 0.717) is 11.3 Å². The van der Waals surface area contributed by atoms with Crippen LogP contribution in [-0.4, -0.2) is 24.5 Å². The lowest BCUT2D eigenvalue weighted by Gasteiger charge is -2.31. The lowest BCUT2D eigenvalue weighted by molar-refractivity contribution is -0.122. The van der Waals surface area contributed by atoms with Gasteiger partial charge in [-0.25, -0.2) is 4.79 Å². The zero-order valence-electron chi connectivity index (χ0n) is 12.1. The Morgan fingerprint density at radius 3 is 2.24 bits per heavy atom. The van der Waals surface area contributed by atoms with Crippen LogP contribution in [0, 0.1) is 0 Å². The van der Waals surface area contributed by atoms with Gasteiger partial charge in [-0.3, -0.25) is 4.79 Å². The van der Waals surface area contributed by atoms with Crippen LogP contribution in [0.1, 0.15) is 42.5 Å². The number of carbonyl (C=O) groups is 2. The number of halogens is 1. The molecule has 0 saturated heterocycles. The molecule has 6 heteroatoms. The fourth-order valence-corrected chi connectivity index (χ4v) is 2.47. The molecular formula is C15H21ClN2O3. The summed E-state index contributed by atoms with van der Waals surface area (Å²) in [7, 11) is 1.33. The van der Waals surface area contributed by atoms with E-state index in [1.54, 1.807) is 24.3 Å². The Morgan fingerprint density at radius 1 is 1.14 bits per heavy atom. The van der Waals surface area contributed by atoms with E-state index in [9.17, 15) is 9.59 Å². The summed E-state index contributed by atoms with van der Waals surface area (Å²) in [4.78, 5) is 23.6. The second-order valence-corrected chi connectivity index (χ2v) is 5.24. The van der Waals surface area contributed by atoms with E-state index >= 15 is 0 Å². The van der Waals surface area contributed by atoms with Crippen molar-refractivity contribution in [3.63, 3.8) is 0 Å². The Labute approximate surface area is 130 Å². The van der Waals surface area contributed by atoms with E-state index in [-0.39, 0.29) is 18.3 Å². The van der Waals surface area contributed by atoms with Gasteiger partial charge in [0.25, 0.3) is 0 Å². The molecule has 5 nitrogen and oxygen atoms in total. The van der Waals surface area contributed by atoms with Gasteiger partial charge in [-0.15, -0.1) is 12.4 Å². The monoisotopic (exact) mass is 312 g/mol. The summed E-state index contributed by atoms with van der Waals surface area (Å²) in [6.45, 7) is 0. The molecule has 1 aromatic rings. The highest BCUT2D eigenvalue weighted by Gasteiger charge is 2.35. The van der Waals surface area contributed by atoms with Crippen molar-refractivity contribution in [3.8, 4) is 0 Å². The van der Waals surface area contributed by atoms with Crippen LogP contribution in [0.2, 0.25) is 0 Å². The van der Waals surface area contributed by atoms with Crippen LogP contribution in [0.25, 0.3) is 0 Å². The van der Waals surface area contributed by atoms with Gasteiger partial charge in [0, 0.05) is 5.69 Å². The van der Waals surface area contributed by atoms with E-state index in [1.807, 2.05) is 0 Å². The number of methoxy groups -OCH3 is 1. The maximum absolute atomic E-state index is 12.2. The molecule has 1 aromatic carbocycles. The Morgan fingerprint density at radius 2 is 1.71 bits per heavy atom. The van der Waals surface area contributed by atoms with Crippen molar-refractivity contribution in [2.75, 3.05) is 12.4 Å². The van der Waals surface area contributed by atoms with Crippen molar-refractivity contribution in [2.45, 2.75) is 37.6 Å². The van der Waals surface area contributed by atoms with Gasteiger partial charge in [0.05, 0.1) is 18.2 Å². The first kappa shape index (κ1) is 17.5. The van der Waals surface area contributed by atoms with Gasteiger partial charge in [-0.05, 0) is 37.1 Å². The predicted molar refractivity (Wildman–Crippen MR) is 83.7 cm³/mol. The number of nitrogens with one attached hydrogen (secondary N) is 1. The number of esters is 1. The molecule has 1 aliphatic rings. The highest BCUT2D eigenvalue weighted by Crippen LogP contribution is 2.27. The highest BCUT2D eigenvalue weighted by atomic mass is 35.5. The SMILES string of the molecule is COC(=O)c1ccc(NC(=O)C2(N)CCCCC2)cc1.Cl. The molecule has 0 aromatic heterocycles. The number of amides is 1. The predicted octanol–water partition coefficient (Wildman–Crippen LogP) is 2.50. The molecule has 1 saturated carbocycles. The Bertz CT molecular complexity index is 496. The summed E-state index contributed by atoms with van der Waals surface area (Å²) in [5.74, 6) is -0.548. The quantitative estimate of drug-likeness (QED) is 0.840. The number of benzene rings is 1. The van der Waals surface area contributed by atoms with E-state index in [1.165, 1.54) is 7.11 Å². The third-order valence-corrected chi connectivity index (χ3v) is 3.76. The minimum Gasteiger partial charge on any atom is -0.465 e. The van der Waals surface area contributed by atoms with Gasteiger partial charge in [-0.2, -0.15) is 0 Å². The Hall–Kier alpha value is -1.59. The van der Waals surface area contributed by atoms with Gasteiger partial charge in [-0.1, -0.05) is 19.3 Å². The van der Waals surface area contributed by atoms with Crippen LogP contribution in [0.5, 0.6) is 0 Å². The molecule has 1 fully saturated rings. The topological polar surface area (TPSA) is 81.4 Å². The van der Waals surface area contributed by atoms with E-state index in [0.717, 1.165) is 32.1 Å². The summed E-state index contributed by atoms with van der Waals surface area (Å²) < 4.78 is 4.62. The maximum atomic E-state index is 12.2. The standard InChI is InChI=1S/C15H20N2O3.ClH/c1-20-13(18)11-5-7-12(8-6-11)17-14(19)15(16)9-3-2-4-10-15;/h5-8H,2-4,9-10,16H2,1H3,(H,17,19);1H. The van der Waals surface area contributed by atoms with E-state index in [4.69, 9.17) is 5.73 Å². The van der Waals surface area contributed by atoms with Crippen molar-refractivity contribution >= 4 is 30.0 Å². The zero-order valence-corrected chi connectivity index (χ0v) is 12.9. The molecular weight excluding hydrogens is 292 g/mol. The van der Waals surface area contributed by atoms with E-state index < -0.39 is 11.5 Å². The number of ether oxygens (including phenoxy) is 1. The number of rotatable bonds is 3. The summed E-state index contributed by atoms with van der Waals surface area (Å²) in [6.07, 6.45) is 4.56. The molecule has 1 amide bonds. The smallest absolute Gasteiger partial charge is 0.337 e. The molecule has 21 heavy (non-hydrogen) atoms.